The van der Waals surface area contributed by atoms with Crippen LogP contribution in [0.1, 0.15) is 12.6 Å². The minimum absolute atomic E-state index is 0.136. The molecule has 1 aromatic carbocycles. The van der Waals surface area contributed by atoms with E-state index in [0.29, 0.717) is 17.3 Å². The third kappa shape index (κ3) is 3.86. The summed E-state index contributed by atoms with van der Waals surface area (Å²) in [6.07, 6.45) is 1.39. The molecular weight excluding hydrogens is 278 g/mol. The van der Waals surface area contributed by atoms with E-state index in [9.17, 15) is 4.79 Å². The van der Waals surface area contributed by atoms with E-state index in [1.54, 1.807) is 24.3 Å². The summed E-state index contributed by atoms with van der Waals surface area (Å²) in [5.41, 5.74) is 2.19. The van der Waals surface area contributed by atoms with Gasteiger partial charge in [-0.05, 0) is 30.3 Å². The molecule has 20 heavy (non-hydrogen) atoms. The maximum Gasteiger partial charge on any atom is 0.221 e. The van der Waals surface area contributed by atoms with Gasteiger partial charge in [-0.3, -0.25) is 9.78 Å². The lowest BCUT2D eigenvalue weighted by Crippen LogP contribution is -2.06. The number of nitrogens with one attached hydrogen (secondary N) is 2. The van der Waals surface area contributed by atoms with Crippen LogP contribution in [-0.4, -0.2) is 16.0 Å². The zero-order valence-electron chi connectivity index (χ0n) is 10.9. The molecule has 0 saturated carbocycles. The minimum Gasteiger partial charge on any atom is -0.506 e. The quantitative estimate of drug-likeness (QED) is 0.809. The zero-order valence-corrected chi connectivity index (χ0v) is 11.6. The van der Waals surface area contributed by atoms with Crippen LogP contribution in [0.3, 0.4) is 0 Å². The van der Waals surface area contributed by atoms with Gasteiger partial charge in [-0.25, -0.2) is 0 Å². The van der Waals surface area contributed by atoms with Gasteiger partial charge in [-0.15, -0.1) is 0 Å². The van der Waals surface area contributed by atoms with Crippen LogP contribution < -0.4 is 10.6 Å². The third-order valence-electron chi connectivity index (χ3n) is 2.56. The Labute approximate surface area is 121 Å². The van der Waals surface area contributed by atoms with E-state index < -0.39 is 0 Å². The summed E-state index contributed by atoms with van der Waals surface area (Å²) in [5, 5.41) is 15.4. The number of anilines is 2. The molecule has 3 N–H and O–H groups in total. The fraction of sp³-hybridized carbons (Fsp3) is 0.143. The number of aromatic nitrogens is 1. The van der Waals surface area contributed by atoms with Crippen LogP contribution in [0.4, 0.5) is 11.4 Å². The van der Waals surface area contributed by atoms with Crippen molar-refractivity contribution < 1.29 is 9.90 Å². The average molecular weight is 292 g/mol. The van der Waals surface area contributed by atoms with E-state index in [-0.39, 0.29) is 11.7 Å². The molecule has 1 aromatic heterocycles. The van der Waals surface area contributed by atoms with Gasteiger partial charge < -0.3 is 15.7 Å². The molecule has 6 heteroatoms. The highest BCUT2D eigenvalue weighted by molar-refractivity contribution is 6.34. The van der Waals surface area contributed by atoms with Gasteiger partial charge in [-0.1, -0.05) is 11.6 Å². The molecule has 1 amide bonds. The van der Waals surface area contributed by atoms with Crippen LogP contribution in [0.25, 0.3) is 0 Å². The SMILES string of the molecule is CC(=O)Nc1ccc(NCc2ccc(O)cn2)cc1Cl. The molecule has 0 bridgehead atoms. The lowest BCUT2D eigenvalue weighted by Gasteiger charge is -2.09. The van der Waals surface area contributed by atoms with E-state index >= 15 is 0 Å². The highest BCUT2D eigenvalue weighted by Gasteiger charge is 2.03. The van der Waals surface area contributed by atoms with Crippen LogP contribution in [0.2, 0.25) is 5.02 Å². The number of amides is 1. The number of rotatable bonds is 4. The van der Waals surface area contributed by atoms with Crippen molar-refractivity contribution in [1.82, 2.24) is 4.98 Å². The maximum absolute atomic E-state index is 11.0. The summed E-state index contributed by atoms with van der Waals surface area (Å²) >= 11 is 6.07. The van der Waals surface area contributed by atoms with E-state index in [2.05, 4.69) is 15.6 Å². The number of benzene rings is 1. The van der Waals surface area contributed by atoms with Crippen molar-refractivity contribution >= 4 is 28.9 Å². The van der Waals surface area contributed by atoms with Crippen molar-refractivity contribution in [1.29, 1.82) is 0 Å². The summed E-state index contributed by atoms with van der Waals surface area (Å²) in [6, 6.07) is 8.59. The number of carbonyl (C=O) groups is 1. The predicted octanol–water partition coefficient (Wildman–Crippen LogP) is 3.01. The van der Waals surface area contributed by atoms with E-state index in [1.807, 2.05) is 6.07 Å². The van der Waals surface area contributed by atoms with Gasteiger partial charge in [0.15, 0.2) is 0 Å². The first kappa shape index (κ1) is 14.1. The minimum atomic E-state index is -0.166. The van der Waals surface area contributed by atoms with Crippen molar-refractivity contribution in [3.05, 3.63) is 47.2 Å². The normalized spacial score (nSPS) is 10.1. The first-order valence-electron chi connectivity index (χ1n) is 5.99. The van der Waals surface area contributed by atoms with Crippen molar-refractivity contribution in [2.45, 2.75) is 13.5 Å². The lowest BCUT2D eigenvalue weighted by molar-refractivity contribution is -0.114. The van der Waals surface area contributed by atoms with Crippen LogP contribution in [0.15, 0.2) is 36.5 Å². The van der Waals surface area contributed by atoms with Gasteiger partial charge in [0.2, 0.25) is 5.91 Å². The monoisotopic (exact) mass is 291 g/mol. The molecule has 0 atom stereocenters. The summed E-state index contributed by atoms with van der Waals surface area (Å²) in [5.74, 6) is -0.0302. The van der Waals surface area contributed by atoms with Gasteiger partial charge >= 0.3 is 0 Å². The Hall–Kier alpha value is -2.27. The zero-order chi connectivity index (χ0) is 14.5. The van der Waals surface area contributed by atoms with Crippen LogP contribution in [0, 0.1) is 0 Å². The van der Waals surface area contributed by atoms with Crippen LogP contribution >= 0.6 is 11.6 Å². The molecule has 2 rings (SSSR count). The maximum atomic E-state index is 11.0. The van der Waals surface area contributed by atoms with Crippen LogP contribution in [-0.2, 0) is 11.3 Å². The Balaban J connectivity index is 2.01. The van der Waals surface area contributed by atoms with E-state index in [0.717, 1.165) is 11.4 Å². The smallest absolute Gasteiger partial charge is 0.221 e. The summed E-state index contributed by atoms with van der Waals surface area (Å²) in [7, 11) is 0. The number of hydrogen-bond donors (Lipinski definition) is 3. The Bertz CT molecular complexity index is 614. The van der Waals surface area contributed by atoms with Gasteiger partial charge in [0.05, 0.1) is 29.1 Å². The first-order valence-corrected chi connectivity index (χ1v) is 6.37. The topological polar surface area (TPSA) is 74.2 Å². The van der Waals surface area contributed by atoms with Crippen molar-refractivity contribution in [3.8, 4) is 5.75 Å². The van der Waals surface area contributed by atoms with Crippen molar-refractivity contribution in [2.75, 3.05) is 10.6 Å². The Morgan fingerprint density at radius 2 is 2.15 bits per heavy atom. The molecule has 0 aliphatic carbocycles. The highest BCUT2D eigenvalue weighted by atomic mass is 35.5. The number of pyridine rings is 1. The summed E-state index contributed by atoms with van der Waals surface area (Å²) in [6.45, 7) is 1.94. The summed E-state index contributed by atoms with van der Waals surface area (Å²) < 4.78 is 0. The molecule has 5 nitrogen and oxygen atoms in total. The molecular formula is C14H14ClN3O2. The van der Waals surface area contributed by atoms with Gasteiger partial charge in [0.1, 0.15) is 5.75 Å². The molecule has 0 aliphatic heterocycles. The number of aromatic hydroxyl groups is 1. The molecule has 0 saturated heterocycles. The van der Waals surface area contributed by atoms with E-state index in [1.165, 1.54) is 13.1 Å². The second-order valence-corrected chi connectivity index (χ2v) is 4.64. The predicted molar refractivity (Wildman–Crippen MR) is 79.0 cm³/mol. The van der Waals surface area contributed by atoms with Crippen molar-refractivity contribution in [3.63, 3.8) is 0 Å². The largest absolute Gasteiger partial charge is 0.506 e. The van der Waals surface area contributed by atoms with Gasteiger partial charge in [0.25, 0.3) is 0 Å². The Morgan fingerprint density at radius 1 is 1.35 bits per heavy atom. The van der Waals surface area contributed by atoms with Gasteiger partial charge in [-0.2, -0.15) is 0 Å². The average Bonchev–Trinajstić information content (AvgIpc) is 2.40. The molecule has 2 aromatic rings. The van der Waals surface area contributed by atoms with Gasteiger partial charge in [0, 0.05) is 12.6 Å². The van der Waals surface area contributed by atoms with Crippen molar-refractivity contribution in [2.24, 2.45) is 0 Å². The molecule has 104 valence electrons. The third-order valence-corrected chi connectivity index (χ3v) is 2.88. The number of nitrogens with zero attached hydrogens (tertiary/aromatic N) is 1. The number of hydrogen-bond acceptors (Lipinski definition) is 4. The Kier molecular flexibility index (Phi) is 4.42. The standard InChI is InChI=1S/C14H14ClN3O2/c1-9(19)18-14-5-3-10(6-13(14)15)16-7-11-2-4-12(20)8-17-11/h2-6,8,16,20H,7H2,1H3,(H,18,19). The number of halogens is 1. The second kappa shape index (κ2) is 6.25. The second-order valence-electron chi connectivity index (χ2n) is 4.24. The molecule has 0 spiro atoms. The number of carbonyl (C=O) groups excluding carboxylic acids is 1. The highest BCUT2D eigenvalue weighted by Crippen LogP contribution is 2.25. The summed E-state index contributed by atoms with van der Waals surface area (Å²) in [4.78, 5) is 15.0. The fourth-order valence-corrected chi connectivity index (χ4v) is 1.86. The molecule has 0 aliphatic rings. The molecule has 1 heterocycles. The lowest BCUT2D eigenvalue weighted by atomic mass is 10.2. The Morgan fingerprint density at radius 3 is 2.75 bits per heavy atom. The van der Waals surface area contributed by atoms with Crippen LogP contribution in [0.5, 0.6) is 5.75 Å². The van der Waals surface area contributed by atoms with E-state index in [4.69, 9.17) is 16.7 Å². The first-order chi connectivity index (χ1) is 9.54. The molecule has 0 unspecified atom stereocenters. The fourth-order valence-electron chi connectivity index (χ4n) is 1.63. The molecule has 0 fully saturated rings. The molecule has 0 radical (unpaired) electrons.